The first kappa shape index (κ1) is 9.21. The molecule has 9 heavy (non-hydrogen) atoms. The van der Waals surface area contributed by atoms with E-state index >= 15 is 0 Å². The second-order valence-electron chi connectivity index (χ2n) is 1.82. The standard InChI is InChI=1S/C6H13ClO2/c1-4-5-6(7,8-2)9-3/h4-5H2,1-3H3. The highest BCUT2D eigenvalue weighted by atomic mass is 35.5. The maximum absolute atomic E-state index is 5.76. The fourth-order valence-electron chi connectivity index (χ4n) is 0.586. The smallest absolute Gasteiger partial charge is 0.247 e. The molecule has 2 nitrogen and oxygen atoms in total. The van der Waals surface area contributed by atoms with Gasteiger partial charge in [-0.05, 0) is 6.42 Å². The predicted molar refractivity (Wildman–Crippen MR) is 37.5 cm³/mol. The van der Waals surface area contributed by atoms with Crippen LogP contribution in [0.3, 0.4) is 0 Å². The van der Waals surface area contributed by atoms with E-state index in [1.165, 1.54) is 14.2 Å². The minimum atomic E-state index is -0.894. The maximum atomic E-state index is 5.76. The van der Waals surface area contributed by atoms with Crippen molar-refractivity contribution in [2.75, 3.05) is 14.2 Å². The van der Waals surface area contributed by atoms with Gasteiger partial charge in [-0.1, -0.05) is 18.5 Å². The summed E-state index contributed by atoms with van der Waals surface area (Å²) in [5, 5.41) is -0.894. The van der Waals surface area contributed by atoms with Crippen LogP contribution in [0.2, 0.25) is 0 Å². The Labute approximate surface area is 61.1 Å². The van der Waals surface area contributed by atoms with Gasteiger partial charge >= 0.3 is 0 Å². The van der Waals surface area contributed by atoms with Crippen LogP contribution in [0.4, 0.5) is 0 Å². The summed E-state index contributed by atoms with van der Waals surface area (Å²) in [7, 11) is 3.07. The third-order valence-corrected chi connectivity index (χ3v) is 1.66. The molecule has 0 saturated heterocycles. The fraction of sp³-hybridized carbons (Fsp3) is 1.00. The summed E-state index contributed by atoms with van der Waals surface area (Å²) < 4.78 is 9.74. The molecule has 0 aliphatic heterocycles. The van der Waals surface area contributed by atoms with E-state index in [-0.39, 0.29) is 0 Å². The zero-order chi connectivity index (χ0) is 7.33. The van der Waals surface area contributed by atoms with E-state index in [9.17, 15) is 0 Å². The first-order valence-electron chi connectivity index (χ1n) is 2.97. The Morgan fingerprint density at radius 2 is 1.78 bits per heavy atom. The molecule has 0 heterocycles. The van der Waals surface area contributed by atoms with Crippen molar-refractivity contribution in [3.8, 4) is 0 Å². The summed E-state index contributed by atoms with van der Waals surface area (Å²) in [6.45, 7) is 2.02. The molecule has 0 radical (unpaired) electrons. The predicted octanol–water partition coefficient (Wildman–Crippen LogP) is 1.97. The Bertz CT molecular complexity index is 71.5. The van der Waals surface area contributed by atoms with E-state index in [4.69, 9.17) is 21.1 Å². The lowest BCUT2D eigenvalue weighted by Gasteiger charge is -2.22. The Morgan fingerprint density at radius 1 is 1.33 bits per heavy atom. The molecule has 0 atom stereocenters. The van der Waals surface area contributed by atoms with Gasteiger partial charge in [0.2, 0.25) is 5.25 Å². The van der Waals surface area contributed by atoms with Crippen LogP contribution in [0.25, 0.3) is 0 Å². The molecule has 0 rings (SSSR count). The van der Waals surface area contributed by atoms with E-state index in [2.05, 4.69) is 0 Å². The molecule has 0 saturated carbocycles. The number of methoxy groups -OCH3 is 2. The largest absolute Gasteiger partial charge is 0.341 e. The molecule has 0 aromatic rings. The van der Waals surface area contributed by atoms with Crippen molar-refractivity contribution in [1.82, 2.24) is 0 Å². The first-order valence-corrected chi connectivity index (χ1v) is 3.35. The molecular formula is C6H13ClO2. The fourth-order valence-corrected chi connectivity index (χ4v) is 0.775. The molecule has 0 spiro atoms. The number of alkyl halides is 1. The quantitative estimate of drug-likeness (QED) is 0.453. The average molecular weight is 153 g/mol. The molecule has 0 bridgehead atoms. The van der Waals surface area contributed by atoms with Crippen LogP contribution in [0.5, 0.6) is 0 Å². The first-order chi connectivity index (χ1) is 4.18. The van der Waals surface area contributed by atoms with Gasteiger partial charge in [0.15, 0.2) is 0 Å². The average Bonchev–Trinajstić information content (AvgIpc) is 1.89. The second kappa shape index (κ2) is 4.09. The van der Waals surface area contributed by atoms with Crippen molar-refractivity contribution in [2.45, 2.75) is 25.0 Å². The molecule has 0 aliphatic rings. The highest BCUT2D eigenvalue weighted by Crippen LogP contribution is 2.22. The summed E-state index contributed by atoms with van der Waals surface area (Å²) >= 11 is 5.76. The molecule has 56 valence electrons. The Kier molecular flexibility index (Phi) is 4.19. The van der Waals surface area contributed by atoms with Gasteiger partial charge in [0, 0.05) is 20.6 Å². The van der Waals surface area contributed by atoms with Gasteiger partial charge in [-0.3, -0.25) is 0 Å². The van der Waals surface area contributed by atoms with Gasteiger partial charge in [-0.2, -0.15) is 0 Å². The minimum absolute atomic E-state index is 0.710. The molecule has 0 N–H and O–H groups in total. The monoisotopic (exact) mass is 152 g/mol. The molecule has 0 aromatic carbocycles. The molecular weight excluding hydrogens is 140 g/mol. The van der Waals surface area contributed by atoms with Crippen LogP contribution in [0, 0.1) is 0 Å². The van der Waals surface area contributed by atoms with Gasteiger partial charge in [0.1, 0.15) is 0 Å². The minimum Gasteiger partial charge on any atom is -0.341 e. The van der Waals surface area contributed by atoms with Crippen LogP contribution in [-0.2, 0) is 9.47 Å². The lowest BCUT2D eigenvalue weighted by atomic mass is 10.3. The van der Waals surface area contributed by atoms with Crippen molar-refractivity contribution in [3.63, 3.8) is 0 Å². The summed E-state index contributed by atoms with van der Waals surface area (Å²) in [6, 6.07) is 0. The molecule has 0 aromatic heterocycles. The third-order valence-electron chi connectivity index (χ3n) is 1.16. The van der Waals surface area contributed by atoms with Gasteiger partial charge in [0.25, 0.3) is 0 Å². The third kappa shape index (κ3) is 3.04. The van der Waals surface area contributed by atoms with Gasteiger partial charge in [-0.25, -0.2) is 0 Å². The summed E-state index contributed by atoms with van der Waals surface area (Å²) in [5.74, 6) is 0. The molecule has 0 aliphatic carbocycles. The lowest BCUT2D eigenvalue weighted by molar-refractivity contribution is -0.145. The lowest BCUT2D eigenvalue weighted by Crippen LogP contribution is -2.25. The Hall–Kier alpha value is 0.210. The van der Waals surface area contributed by atoms with Gasteiger partial charge in [0.05, 0.1) is 0 Å². The Morgan fingerprint density at radius 3 is 1.89 bits per heavy atom. The normalized spacial score (nSPS) is 12.0. The van der Waals surface area contributed by atoms with Crippen molar-refractivity contribution in [1.29, 1.82) is 0 Å². The van der Waals surface area contributed by atoms with Crippen molar-refractivity contribution in [2.24, 2.45) is 0 Å². The molecule has 0 fully saturated rings. The highest BCUT2D eigenvalue weighted by molar-refractivity contribution is 6.21. The zero-order valence-electron chi connectivity index (χ0n) is 6.11. The number of halogens is 1. The van der Waals surface area contributed by atoms with Crippen LogP contribution in [0.1, 0.15) is 19.8 Å². The zero-order valence-corrected chi connectivity index (χ0v) is 6.86. The maximum Gasteiger partial charge on any atom is 0.247 e. The van der Waals surface area contributed by atoms with E-state index in [1.807, 2.05) is 6.92 Å². The topological polar surface area (TPSA) is 18.5 Å². The van der Waals surface area contributed by atoms with Crippen molar-refractivity contribution in [3.05, 3.63) is 0 Å². The number of ether oxygens (including phenoxy) is 2. The highest BCUT2D eigenvalue weighted by Gasteiger charge is 2.23. The van der Waals surface area contributed by atoms with Crippen LogP contribution in [0.15, 0.2) is 0 Å². The summed E-state index contributed by atoms with van der Waals surface area (Å²) in [4.78, 5) is 0. The van der Waals surface area contributed by atoms with E-state index in [1.54, 1.807) is 0 Å². The van der Waals surface area contributed by atoms with E-state index in [0.29, 0.717) is 6.42 Å². The van der Waals surface area contributed by atoms with E-state index in [0.717, 1.165) is 6.42 Å². The van der Waals surface area contributed by atoms with Gasteiger partial charge < -0.3 is 9.47 Å². The number of rotatable bonds is 4. The van der Waals surface area contributed by atoms with Crippen molar-refractivity contribution < 1.29 is 9.47 Å². The van der Waals surface area contributed by atoms with Gasteiger partial charge in [-0.15, -0.1) is 0 Å². The second-order valence-corrected chi connectivity index (χ2v) is 2.39. The molecule has 0 unspecified atom stereocenters. The van der Waals surface area contributed by atoms with E-state index < -0.39 is 5.25 Å². The number of hydrogen-bond donors (Lipinski definition) is 0. The summed E-state index contributed by atoms with van der Waals surface area (Å²) in [5.41, 5.74) is 0. The summed E-state index contributed by atoms with van der Waals surface area (Å²) in [6.07, 6.45) is 1.66. The van der Waals surface area contributed by atoms with Crippen LogP contribution < -0.4 is 0 Å². The molecule has 0 amide bonds. The van der Waals surface area contributed by atoms with Crippen LogP contribution >= 0.6 is 11.6 Å². The van der Waals surface area contributed by atoms with Crippen molar-refractivity contribution >= 4 is 11.6 Å². The Balaban J connectivity index is 3.62. The molecule has 3 heteroatoms. The SMILES string of the molecule is CCCC(Cl)(OC)OC. The van der Waals surface area contributed by atoms with Crippen LogP contribution in [-0.4, -0.2) is 19.5 Å². The number of hydrogen-bond acceptors (Lipinski definition) is 2.